The molecular formula is C16H14N4OS. The van der Waals surface area contributed by atoms with Crippen molar-refractivity contribution in [1.29, 1.82) is 5.26 Å². The summed E-state index contributed by atoms with van der Waals surface area (Å²) in [5.41, 5.74) is 3.52. The van der Waals surface area contributed by atoms with Gasteiger partial charge < -0.3 is 4.74 Å². The van der Waals surface area contributed by atoms with Crippen molar-refractivity contribution in [2.75, 3.05) is 7.11 Å². The molecule has 4 rings (SSSR count). The Kier molecular flexibility index (Phi) is 3.09. The molecule has 2 heterocycles. The van der Waals surface area contributed by atoms with E-state index in [1.807, 2.05) is 18.2 Å². The van der Waals surface area contributed by atoms with Gasteiger partial charge in [0.2, 0.25) is 0 Å². The average Bonchev–Trinajstić information content (AvgIpc) is 3.14. The number of ether oxygens (including phenoxy) is 1. The Hall–Kier alpha value is -2.39. The van der Waals surface area contributed by atoms with Gasteiger partial charge in [-0.15, -0.1) is 26.3 Å². The molecule has 110 valence electrons. The van der Waals surface area contributed by atoms with Gasteiger partial charge in [-0.05, 0) is 43.4 Å². The quantitative estimate of drug-likeness (QED) is 0.729. The summed E-state index contributed by atoms with van der Waals surface area (Å²) in [6, 6.07) is 7.97. The molecule has 0 atom stereocenters. The summed E-state index contributed by atoms with van der Waals surface area (Å²) in [4.78, 5) is 2.92. The minimum absolute atomic E-state index is 0.743. The van der Waals surface area contributed by atoms with E-state index in [2.05, 4.69) is 16.3 Å². The van der Waals surface area contributed by atoms with Crippen LogP contribution in [-0.4, -0.2) is 22.1 Å². The molecule has 5 nitrogen and oxygen atoms in total. The second kappa shape index (κ2) is 5.11. The Morgan fingerprint density at radius 2 is 2.05 bits per heavy atom. The van der Waals surface area contributed by atoms with Gasteiger partial charge in [-0.25, -0.2) is 0 Å². The number of hydrogen-bond donors (Lipinski definition) is 0. The number of nitrogens with zero attached hydrogens (tertiary/aromatic N) is 4. The maximum Gasteiger partial charge on any atom is 0.157 e. The van der Waals surface area contributed by atoms with Crippen LogP contribution in [0.25, 0.3) is 16.0 Å². The molecule has 0 saturated heterocycles. The van der Waals surface area contributed by atoms with Crippen LogP contribution in [-0.2, 0) is 12.8 Å². The van der Waals surface area contributed by atoms with E-state index in [0.717, 1.165) is 46.6 Å². The Bertz CT molecular complexity index is 903. The molecule has 22 heavy (non-hydrogen) atoms. The molecule has 1 aromatic carbocycles. The molecule has 3 aromatic rings. The highest BCUT2D eigenvalue weighted by atomic mass is 32.1. The van der Waals surface area contributed by atoms with E-state index in [4.69, 9.17) is 4.74 Å². The van der Waals surface area contributed by atoms with E-state index in [1.54, 1.807) is 23.2 Å². The molecule has 6 heteroatoms. The zero-order chi connectivity index (χ0) is 15.1. The molecule has 0 saturated carbocycles. The summed E-state index contributed by atoms with van der Waals surface area (Å²) in [5.74, 6) is 0.755. The van der Waals surface area contributed by atoms with Gasteiger partial charge in [0.05, 0.1) is 12.7 Å². The highest BCUT2D eigenvalue weighted by Gasteiger charge is 2.23. The minimum atomic E-state index is 0.743. The van der Waals surface area contributed by atoms with Crippen molar-refractivity contribution in [1.82, 2.24) is 15.0 Å². The maximum atomic E-state index is 9.55. The molecule has 0 amide bonds. The van der Waals surface area contributed by atoms with E-state index >= 15 is 0 Å². The van der Waals surface area contributed by atoms with Crippen LogP contribution < -0.4 is 4.74 Å². The number of rotatable bonds is 2. The number of thiophene rings is 1. The van der Waals surface area contributed by atoms with Crippen LogP contribution in [0.5, 0.6) is 5.75 Å². The zero-order valence-corrected chi connectivity index (χ0v) is 13.0. The Morgan fingerprint density at radius 1 is 1.23 bits per heavy atom. The lowest BCUT2D eigenvalue weighted by Gasteiger charge is -2.09. The summed E-state index contributed by atoms with van der Waals surface area (Å²) in [6.07, 6.45) is 4.40. The van der Waals surface area contributed by atoms with Crippen molar-refractivity contribution in [3.8, 4) is 16.8 Å². The molecule has 0 bridgehead atoms. The van der Waals surface area contributed by atoms with E-state index < -0.39 is 0 Å². The van der Waals surface area contributed by atoms with E-state index in [9.17, 15) is 5.26 Å². The first-order valence-electron chi connectivity index (χ1n) is 7.26. The topological polar surface area (TPSA) is 63.7 Å². The molecule has 0 aliphatic heterocycles. The van der Waals surface area contributed by atoms with Crippen molar-refractivity contribution in [3.63, 3.8) is 0 Å². The lowest BCUT2D eigenvalue weighted by atomic mass is 9.96. The van der Waals surface area contributed by atoms with Gasteiger partial charge in [0.1, 0.15) is 22.9 Å². The number of hydrogen-bond acceptors (Lipinski definition) is 5. The third-order valence-corrected chi connectivity index (χ3v) is 5.29. The predicted octanol–water partition coefficient (Wildman–Crippen LogP) is 3.24. The monoisotopic (exact) mass is 310 g/mol. The number of methoxy groups -OCH3 is 1. The van der Waals surface area contributed by atoms with Crippen LogP contribution in [0.4, 0.5) is 0 Å². The first kappa shape index (κ1) is 13.3. The number of nitriles is 1. The minimum Gasteiger partial charge on any atom is -0.497 e. The SMILES string of the molecule is COc1ccc2nn(-c3sc4c(c3C#N)CCCC4)nc2c1. The smallest absolute Gasteiger partial charge is 0.157 e. The lowest BCUT2D eigenvalue weighted by Crippen LogP contribution is -2.01. The predicted molar refractivity (Wildman–Crippen MR) is 84.7 cm³/mol. The first-order chi connectivity index (χ1) is 10.8. The summed E-state index contributed by atoms with van der Waals surface area (Å²) in [5, 5.41) is 19.4. The number of aromatic nitrogens is 3. The highest BCUT2D eigenvalue weighted by molar-refractivity contribution is 7.15. The fraction of sp³-hybridized carbons (Fsp3) is 0.312. The van der Waals surface area contributed by atoms with Gasteiger partial charge in [0, 0.05) is 10.9 Å². The van der Waals surface area contributed by atoms with E-state index in [-0.39, 0.29) is 0 Å². The molecule has 0 fully saturated rings. The van der Waals surface area contributed by atoms with Crippen LogP contribution in [0, 0.1) is 11.3 Å². The summed E-state index contributed by atoms with van der Waals surface area (Å²) in [7, 11) is 1.63. The van der Waals surface area contributed by atoms with Crippen molar-refractivity contribution >= 4 is 22.4 Å². The maximum absolute atomic E-state index is 9.55. The summed E-state index contributed by atoms with van der Waals surface area (Å²) >= 11 is 1.65. The Morgan fingerprint density at radius 3 is 2.86 bits per heavy atom. The normalized spacial score (nSPS) is 13.8. The molecule has 2 aromatic heterocycles. The summed E-state index contributed by atoms with van der Waals surface area (Å²) < 4.78 is 5.22. The van der Waals surface area contributed by atoms with Crippen molar-refractivity contribution in [2.45, 2.75) is 25.7 Å². The second-order valence-corrected chi connectivity index (χ2v) is 6.43. The van der Waals surface area contributed by atoms with Gasteiger partial charge in [-0.2, -0.15) is 5.26 Å². The molecule has 0 radical (unpaired) electrons. The third-order valence-electron chi connectivity index (χ3n) is 4.03. The average molecular weight is 310 g/mol. The van der Waals surface area contributed by atoms with Crippen LogP contribution in [0.3, 0.4) is 0 Å². The van der Waals surface area contributed by atoms with Gasteiger partial charge in [0.15, 0.2) is 5.00 Å². The molecule has 0 N–H and O–H groups in total. The molecule has 1 aliphatic carbocycles. The lowest BCUT2D eigenvalue weighted by molar-refractivity contribution is 0.415. The summed E-state index contributed by atoms with van der Waals surface area (Å²) in [6.45, 7) is 0. The first-order valence-corrected chi connectivity index (χ1v) is 8.08. The number of benzene rings is 1. The van der Waals surface area contributed by atoms with Gasteiger partial charge in [-0.1, -0.05) is 0 Å². The number of aryl methyl sites for hydroxylation is 1. The largest absolute Gasteiger partial charge is 0.497 e. The van der Waals surface area contributed by atoms with Crippen LogP contribution in [0.15, 0.2) is 18.2 Å². The molecule has 1 aliphatic rings. The molecule has 0 spiro atoms. The zero-order valence-electron chi connectivity index (χ0n) is 12.2. The Balaban J connectivity index is 1.88. The van der Waals surface area contributed by atoms with E-state index in [0.29, 0.717) is 0 Å². The fourth-order valence-corrected chi connectivity index (χ4v) is 4.16. The van der Waals surface area contributed by atoms with Crippen LogP contribution in [0.2, 0.25) is 0 Å². The standard InChI is InChI=1S/C16H14N4OS/c1-21-10-6-7-13-14(8-10)19-20(18-13)16-12(9-17)11-4-2-3-5-15(11)22-16/h6-8H,2-5H2,1H3. The van der Waals surface area contributed by atoms with Gasteiger partial charge >= 0.3 is 0 Å². The number of fused-ring (bicyclic) bond motifs is 2. The molecular weight excluding hydrogens is 296 g/mol. The fourth-order valence-electron chi connectivity index (χ4n) is 2.92. The van der Waals surface area contributed by atoms with Gasteiger partial charge in [-0.3, -0.25) is 0 Å². The highest BCUT2D eigenvalue weighted by Crippen LogP contribution is 2.36. The Labute approximate surface area is 131 Å². The third kappa shape index (κ3) is 1.97. The van der Waals surface area contributed by atoms with Gasteiger partial charge in [0.25, 0.3) is 0 Å². The van der Waals surface area contributed by atoms with E-state index in [1.165, 1.54) is 16.9 Å². The van der Waals surface area contributed by atoms with Crippen LogP contribution >= 0.6 is 11.3 Å². The molecule has 0 unspecified atom stereocenters. The second-order valence-electron chi connectivity index (χ2n) is 5.35. The van der Waals surface area contributed by atoms with Crippen LogP contribution in [0.1, 0.15) is 28.8 Å². The van der Waals surface area contributed by atoms with Crippen molar-refractivity contribution in [2.24, 2.45) is 0 Å². The van der Waals surface area contributed by atoms with Crippen molar-refractivity contribution in [3.05, 3.63) is 34.2 Å². The van der Waals surface area contributed by atoms with Crippen molar-refractivity contribution < 1.29 is 4.74 Å².